The molecule has 5 heteroatoms. The van der Waals surface area contributed by atoms with Gasteiger partial charge in [-0.2, -0.15) is 0 Å². The van der Waals surface area contributed by atoms with Crippen LogP contribution in [0.4, 0.5) is 11.6 Å². The molecule has 5 nitrogen and oxygen atoms in total. The van der Waals surface area contributed by atoms with Crippen LogP contribution in [0.25, 0.3) is 0 Å². The van der Waals surface area contributed by atoms with E-state index in [2.05, 4.69) is 20.6 Å². The maximum Gasteiger partial charge on any atom is 0.131 e. The summed E-state index contributed by atoms with van der Waals surface area (Å²) in [5.41, 5.74) is 5.44. The Labute approximate surface area is 102 Å². The highest BCUT2D eigenvalue weighted by Gasteiger charge is 2.13. The number of aromatic nitrogens is 2. The number of hydrogen-bond acceptors (Lipinski definition) is 5. The van der Waals surface area contributed by atoms with E-state index >= 15 is 0 Å². The Balaban J connectivity index is 1.90. The number of nitrogens with two attached hydrogens (primary N) is 1. The van der Waals surface area contributed by atoms with Crippen LogP contribution in [-0.2, 0) is 0 Å². The molecule has 1 saturated carbocycles. The third kappa shape index (κ3) is 3.85. The van der Waals surface area contributed by atoms with Gasteiger partial charge in [-0.15, -0.1) is 0 Å². The molecular formula is C12H21N5. The maximum atomic E-state index is 5.44. The summed E-state index contributed by atoms with van der Waals surface area (Å²) in [5, 5.41) is 6.63. The van der Waals surface area contributed by atoms with Crippen LogP contribution >= 0.6 is 0 Å². The first-order valence-electron chi connectivity index (χ1n) is 6.41. The maximum absolute atomic E-state index is 5.44. The van der Waals surface area contributed by atoms with E-state index in [0.717, 1.165) is 18.2 Å². The third-order valence-electron chi connectivity index (χ3n) is 3.07. The Kier molecular flexibility index (Phi) is 4.55. The molecule has 0 aliphatic heterocycles. The summed E-state index contributed by atoms with van der Waals surface area (Å²) < 4.78 is 0. The van der Waals surface area contributed by atoms with Crippen LogP contribution in [0.15, 0.2) is 12.4 Å². The van der Waals surface area contributed by atoms with Gasteiger partial charge in [0.15, 0.2) is 0 Å². The van der Waals surface area contributed by atoms with Crippen molar-refractivity contribution in [3.63, 3.8) is 0 Å². The first-order chi connectivity index (χ1) is 8.38. The fourth-order valence-corrected chi connectivity index (χ4v) is 2.19. The van der Waals surface area contributed by atoms with E-state index < -0.39 is 0 Å². The number of nitrogens with one attached hydrogen (secondary N) is 2. The molecule has 0 atom stereocenters. The number of rotatable bonds is 5. The molecule has 0 bridgehead atoms. The van der Waals surface area contributed by atoms with E-state index in [1.54, 1.807) is 6.33 Å². The second-order valence-electron chi connectivity index (χ2n) is 4.48. The predicted octanol–water partition coefficient (Wildman–Crippen LogP) is 1.59. The fraction of sp³-hybridized carbons (Fsp3) is 0.667. The van der Waals surface area contributed by atoms with Crippen molar-refractivity contribution in [2.45, 2.75) is 38.1 Å². The lowest BCUT2D eigenvalue weighted by Gasteiger charge is -2.23. The first-order valence-corrected chi connectivity index (χ1v) is 6.41. The van der Waals surface area contributed by atoms with Crippen molar-refractivity contribution >= 4 is 11.6 Å². The van der Waals surface area contributed by atoms with Crippen LogP contribution in [0.3, 0.4) is 0 Å². The molecule has 1 aliphatic carbocycles. The second kappa shape index (κ2) is 6.39. The van der Waals surface area contributed by atoms with E-state index in [1.165, 1.54) is 32.1 Å². The van der Waals surface area contributed by atoms with E-state index in [-0.39, 0.29) is 0 Å². The second-order valence-corrected chi connectivity index (χ2v) is 4.48. The molecule has 2 rings (SSSR count). The summed E-state index contributed by atoms with van der Waals surface area (Å²) in [6.45, 7) is 1.34. The molecule has 0 unspecified atom stereocenters. The minimum atomic E-state index is 0.570. The Bertz CT molecular complexity index is 335. The van der Waals surface area contributed by atoms with Crippen molar-refractivity contribution in [2.24, 2.45) is 5.73 Å². The van der Waals surface area contributed by atoms with Crippen molar-refractivity contribution in [1.29, 1.82) is 0 Å². The Hall–Kier alpha value is -1.36. The quantitative estimate of drug-likeness (QED) is 0.722. The summed E-state index contributed by atoms with van der Waals surface area (Å²) in [7, 11) is 0. The monoisotopic (exact) mass is 235 g/mol. The summed E-state index contributed by atoms with van der Waals surface area (Å²) in [6, 6.07) is 2.52. The molecule has 0 spiro atoms. The van der Waals surface area contributed by atoms with Gasteiger partial charge in [0.1, 0.15) is 18.0 Å². The molecule has 1 aromatic heterocycles. The summed E-state index contributed by atoms with van der Waals surface area (Å²) in [5.74, 6) is 1.75. The highest BCUT2D eigenvalue weighted by atomic mass is 15.1. The smallest absolute Gasteiger partial charge is 0.131 e. The molecule has 0 amide bonds. The standard InChI is InChI=1S/C12H21N5/c13-6-7-14-11-8-12(16-9-15-11)17-10-4-2-1-3-5-10/h8-10H,1-7,13H2,(H2,14,15,16,17). The molecule has 1 aliphatic rings. The molecule has 1 aromatic rings. The van der Waals surface area contributed by atoms with Crippen LogP contribution in [0.1, 0.15) is 32.1 Å². The Morgan fingerprint density at radius 3 is 2.71 bits per heavy atom. The van der Waals surface area contributed by atoms with Crippen LogP contribution < -0.4 is 16.4 Å². The number of hydrogen-bond donors (Lipinski definition) is 3. The normalized spacial score (nSPS) is 16.8. The number of anilines is 2. The van der Waals surface area contributed by atoms with Gasteiger partial charge in [-0.1, -0.05) is 19.3 Å². The zero-order valence-corrected chi connectivity index (χ0v) is 10.2. The highest BCUT2D eigenvalue weighted by Crippen LogP contribution is 2.21. The molecule has 1 fully saturated rings. The van der Waals surface area contributed by atoms with E-state index in [9.17, 15) is 0 Å². The number of nitrogens with zero attached hydrogens (tertiary/aromatic N) is 2. The zero-order valence-electron chi connectivity index (χ0n) is 10.2. The van der Waals surface area contributed by atoms with Crippen LogP contribution in [0.5, 0.6) is 0 Å². The summed E-state index contributed by atoms with van der Waals surface area (Å²) in [4.78, 5) is 8.40. The molecule has 0 aromatic carbocycles. The van der Waals surface area contributed by atoms with Gasteiger partial charge >= 0.3 is 0 Å². The minimum Gasteiger partial charge on any atom is -0.369 e. The summed E-state index contributed by atoms with van der Waals surface area (Å²) in [6.07, 6.45) is 8.09. The largest absolute Gasteiger partial charge is 0.369 e. The lowest BCUT2D eigenvalue weighted by Crippen LogP contribution is -2.23. The van der Waals surface area contributed by atoms with Crippen LogP contribution in [-0.4, -0.2) is 29.1 Å². The molecule has 0 saturated heterocycles. The van der Waals surface area contributed by atoms with Crippen molar-refractivity contribution < 1.29 is 0 Å². The van der Waals surface area contributed by atoms with Gasteiger partial charge in [0.05, 0.1) is 0 Å². The Morgan fingerprint density at radius 2 is 1.94 bits per heavy atom. The highest BCUT2D eigenvalue weighted by molar-refractivity contribution is 5.46. The third-order valence-corrected chi connectivity index (χ3v) is 3.07. The van der Waals surface area contributed by atoms with Gasteiger partial charge in [0, 0.05) is 25.2 Å². The zero-order chi connectivity index (χ0) is 11.9. The van der Waals surface area contributed by atoms with Crippen LogP contribution in [0.2, 0.25) is 0 Å². The summed E-state index contributed by atoms with van der Waals surface area (Å²) >= 11 is 0. The van der Waals surface area contributed by atoms with Crippen molar-refractivity contribution in [3.05, 3.63) is 12.4 Å². The van der Waals surface area contributed by atoms with Gasteiger partial charge in [0.25, 0.3) is 0 Å². The molecule has 94 valence electrons. The molecule has 0 radical (unpaired) electrons. The van der Waals surface area contributed by atoms with Gasteiger partial charge in [0.2, 0.25) is 0 Å². The van der Waals surface area contributed by atoms with Crippen molar-refractivity contribution in [3.8, 4) is 0 Å². The van der Waals surface area contributed by atoms with Gasteiger partial charge in [-0.3, -0.25) is 0 Å². The predicted molar refractivity (Wildman–Crippen MR) is 70.1 cm³/mol. The average molecular weight is 235 g/mol. The topological polar surface area (TPSA) is 75.9 Å². The average Bonchev–Trinajstić information content (AvgIpc) is 2.38. The lowest BCUT2D eigenvalue weighted by molar-refractivity contribution is 0.462. The molecule has 17 heavy (non-hydrogen) atoms. The van der Waals surface area contributed by atoms with Gasteiger partial charge in [-0.25, -0.2) is 9.97 Å². The molecular weight excluding hydrogens is 214 g/mol. The molecule has 1 heterocycles. The SMILES string of the molecule is NCCNc1cc(NC2CCCCC2)ncn1. The lowest BCUT2D eigenvalue weighted by atomic mass is 9.95. The van der Waals surface area contributed by atoms with E-state index in [1.807, 2.05) is 6.07 Å². The fourth-order valence-electron chi connectivity index (χ4n) is 2.19. The van der Waals surface area contributed by atoms with Crippen molar-refractivity contribution in [2.75, 3.05) is 23.7 Å². The van der Waals surface area contributed by atoms with Gasteiger partial charge in [-0.05, 0) is 12.8 Å². The first kappa shape index (κ1) is 12.1. The van der Waals surface area contributed by atoms with Gasteiger partial charge < -0.3 is 16.4 Å². The molecule has 4 N–H and O–H groups in total. The Morgan fingerprint density at radius 1 is 1.18 bits per heavy atom. The van der Waals surface area contributed by atoms with E-state index in [4.69, 9.17) is 5.73 Å². The van der Waals surface area contributed by atoms with E-state index in [0.29, 0.717) is 12.6 Å². The minimum absolute atomic E-state index is 0.570. The van der Waals surface area contributed by atoms with Crippen molar-refractivity contribution in [1.82, 2.24) is 9.97 Å². The van der Waals surface area contributed by atoms with Crippen LogP contribution in [0, 0.1) is 0 Å².